The molecule has 2 amide bonds. The molecule has 0 unspecified atom stereocenters. The summed E-state index contributed by atoms with van der Waals surface area (Å²) in [7, 11) is 3.24. The first kappa shape index (κ1) is 17.9. The fourth-order valence-corrected chi connectivity index (χ4v) is 3.54. The minimum atomic E-state index is -0.135. The third-order valence-electron chi connectivity index (χ3n) is 4.89. The minimum absolute atomic E-state index is 0.0189. The van der Waals surface area contributed by atoms with Crippen molar-refractivity contribution >= 4 is 11.8 Å². The Kier molecular flexibility index (Phi) is 5.10. The van der Waals surface area contributed by atoms with Crippen LogP contribution in [0, 0.1) is 5.92 Å². The highest BCUT2D eigenvalue weighted by Gasteiger charge is 2.39. The Labute approximate surface area is 147 Å². The molecule has 138 valence electrons. The highest BCUT2D eigenvalue weighted by Crippen LogP contribution is 2.33. The van der Waals surface area contributed by atoms with Crippen LogP contribution in [0.2, 0.25) is 0 Å². The summed E-state index contributed by atoms with van der Waals surface area (Å²) in [5, 5.41) is 7.26. The highest BCUT2D eigenvalue weighted by atomic mass is 16.5. The summed E-state index contributed by atoms with van der Waals surface area (Å²) < 4.78 is 12.7. The smallest absolute Gasteiger partial charge is 0.272 e. The molecule has 1 N–H and O–H groups in total. The van der Waals surface area contributed by atoms with Crippen LogP contribution in [0.4, 0.5) is 0 Å². The molecule has 0 aromatic carbocycles. The van der Waals surface area contributed by atoms with Crippen molar-refractivity contribution in [1.29, 1.82) is 0 Å². The number of hydrogen-bond donors (Lipinski definition) is 1. The van der Waals surface area contributed by atoms with Gasteiger partial charge in [0.1, 0.15) is 5.69 Å². The summed E-state index contributed by atoms with van der Waals surface area (Å²) in [6.45, 7) is 5.85. The van der Waals surface area contributed by atoms with Crippen LogP contribution < -0.4 is 5.32 Å². The molecule has 0 radical (unpaired) electrons. The Morgan fingerprint density at radius 3 is 2.72 bits per heavy atom. The van der Waals surface area contributed by atoms with E-state index in [9.17, 15) is 9.59 Å². The van der Waals surface area contributed by atoms with E-state index in [0.29, 0.717) is 38.4 Å². The molecular formula is C17H26N4O4. The molecule has 2 atom stereocenters. The summed E-state index contributed by atoms with van der Waals surface area (Å²) in [5.41, 5.74) is 2.42. The molecule has 0 bridgehead atoms. The zero-order valence-corrected chi connectivity index (χ0v) is 15.2. The molecule has 8 nitrogen and oxygen atoms in total. The molecule has 2 aliphatic rings. The van der Waals surface area contributed by atoms with Crippen molar-refractivity contribution in [3.05, 3.63) is 17.0 Å². The molecule has 0 aliphatic carbocycles. The quantitative estimate of drug-likeness (QED) is 0.829. The van der Waals surface area contributed by atoms with Gasteiger partial charge in [0.25, 0.3) is 5.91 Å². The van der Waals surface area contributed by atoms with Crippen molar-refractivity contribution in [2.75, 3.05) is 33.9 Å². The van der Waals surface area contributed by atoms with Gasteiger partial charge in [0.05, 0.1) is 37.0 Å². The number of carbonyl (C=O) groups excluding carboxylic acids is 2. The first-order valence-electron chi connectivity index (χ1n) is 8.71. The number of rotatable bonds is 5. The van der Waals surface area contributed by atoms with Crippen LogP contribution in [0.1, 0.15) is 41.7 Å². The molecule has 25 heavy (non-hydrogen) atoms. The second-order valence-electron chi connectivity index (χ2n) is 6.74. The van der Waals surface area contributed by atoms with Gasteiger partial charge in [-0.1, -0.05) is 0 Å². The Morgan fingerprint density at radius 1 is 1.36 bits per heavy atom. The van der Waals surface area contributed by atoms with Gasteiger partial charge in [-0.15, -0.1) is 0 Å². The van der Waals surface area contributed by atoms with Crippen LogP contribution >= 0.6 is 0 Å². The summed E-state index contributed by atoms with van der Waals surface area (Å²) in [6, 6.07) is 0. The van der Waals surface area contributed by atoms with Crippen LogP contribution in [0.25, 0.3) is 0 Å². The van der Waals surface area contributed by atoms with Crippen molar-refractivity contribution in [2.45, 2.75) is 39.0 Å². The maximum Gasteiger partial charge on any atom is 0.272 e. The normalized spacial score (nSPS) is 23.1. The topological polar surface area (TPSA) is 85.7 Å². The lowest BCUT2D eigenvalue weighted by Gasteiger charge is -2.38. The number of ether oxygens (including phenoxy) is 2. The van der Waals surface area contributed by atoms with Gasteiger partial charge >= 0.3 is 0 Å². The lowest BCUT2D eigenvalue weighted by Crippen LogP contribution is -2.55. The Bertz CT molecular complexity index is 666. The van der Waals surface area contributed by atoms with E-state index in [1.54, 1.807) is 23.7 Å². The Morgan fingerprint density at radius 2 is 2.08 bits per heavy atom. The van der Waals surface area contributed by atoms with Crippen LogP contribution in [0.5, 0.6) is 0 Å². The van der Waals surface area contributed by atoms with E-state index in [1.165, 1.54) is 0 Å². The van der Waals surface area contributed by atoms with Gasteiger partial charge in [0, 0.05) is 39.2 Å². The Balaban J connectivity index is 1.86. The van der Waals surface area contributed by atoms with E-state index >= 15 is 0 Å². The van der Waals surface area contributed by atoms with Crippen LogP contribution in [-0.4, -0.2) is 66.5 Å². The van der Waals surface area contributed by atoms with E-state index in [-0.39, 0.29) is 29.9 Å². The van der Waals surface area contributed by atoms with Crippen LogP contribution in [0.15, 0.2) is 0 Å². The number of likely N-dealkylation sites (tertiary alicyclic amines) is 1. The van der Waals surface area contributed by atoms with Gasteiger partial charge in [-0.05, 0) is 13.8 Å². The van der Waals surface area contributed by atoms with Gasteiger partial charge < -0.3 is 19.7 Å². The summed E-state index contributed by atoms with van der Waals surface area (Å²) in [5.74, 6) is -0.206. The van der Waals surface area contributed by atoms with Crippen molar-refractivity contribution in [3.8, 4) is 0 Å². The highest BCUT2D eigenvalue weighted by molar-refractivity contribution is 5.96. The SMILES string of the molecule is CNC(=O)C1CN(C(=O)c2c3c(nn2CCOC)[C@H](C)O[C@H](C)C3)C1. The van der Waals surface area contributed by atoms with Crippen LogP contribution in [0.3, 0.4) is 0 Å². The number of amides is 2. The molecule has 2 aliphatic heterocycles. The fraction of sp³-hybridized carbons (Fsp3) is 0.706. The Hall–Kier alpha value is -1.93. The molecule has 3 heterocycles. The molecule has 1 aromatic heterocycles. The second-order valence-corrected chi connectivity index (χ2v) is 6.74. The van der Waals surface area contributed by atoms with Crippen molar-refractivity contribution < 1.29 is 19.1 Å². The van der Waals surface area contributed by atoms with Gasteiger partial charge in [0.15, 0.2) is 0 Å². The molecule has 1 aromatic rings. The summed E-state index contributed by atoms with van der Waals surface area (Å²) in [6.07, 6.45) is 0.578. The van der Waals surface area contributed by atoms with Gasteiger partial charge in [-0.2, -0.15) is 5.10 Å². The number of fused-ring (bicyclic) bond motifs is 1. The average Bonchev–Trinajstić information content (AvgIpc) is 2.89. The predicted molar refractivity (Wildman–Crippen MR) is 90.2 cm³/mol. The van der Waals surface area contributed by atoms with E-state index in [1.807, 2.05) is 13.8 Å². The molecular weight excluding hydrogens is 324 g/mol. The number of nitrogens with zero attached hydrogens (tertiary/aromatic N) is 3. The number of methoxy groups -OCH3 is 1. The number of aromatic nitrogens is 2. The van der Waals surface area contributed by atoms with Gasteiger partial charge in [-0.25, -0.2) is 0 Å². The second kappa shape index (κ2) is 7.13. The van der Waals surface area contributed by atoms with Crippen LogP contribution in [-0.2, 0) is 27.2 Å². The fourth-order valence-electron chi connectivity index (χ4n) is 3.54. The maximum atomic E-state index is 13.1. The van der Waals surface area contributed by atoms with E-state index in [2.05, 4.69) is 10.4 Å². The molecule has 3 rings (SSSR count). The van der Waals surface area contributed by atoms with E-state index in [4.69, 9.17) is 9.47 Å². The zero-order chi connectivity index (χ0) is 18.1. The van der Waals surface area contributed by atoms with Crippen molar-refractivity contribution in [3.63, 3.8) is 0 Å². The van der Waals surface area contributed by atoms with Gasteiger partial charge in [-0.3, -0.25) is 14.3 Å². The molecule has 1 saturated heterocycles. The molecule has 8 heteroatoms. The molecule has 0 saturated carbocycles. The number of carbonyl (C=O) groups is 2. The number of nitrogens with one attached hydrogen (secondary N) is 1. The van der Waals surface area contributed by atoms with E-state index < -0.39 is 0 Å². The third-order valence-corrected chi connectivity index (χ3v) is 4.89. The van der Waals surface area contributed by atoms with Crippen molar-refractivity contribution in [2.24, 2.45) is 5.92 Å². The predicted octanol–water partition coefficient (Wildman–Crippen LogP) is 0.370. The summed E-state index contributed by atoms with van der Waals surface area (Å²) >= 11 is 0. The minimum Gasteiger partial charge on any atom is -0.383 e. The summed E-state index contributed by atoms with van der Waals surface area (Å²) in [4.78, 5) is 26.5. The first-order chi connectivity index (χ1) is 12.0. The lowest BCUT2D eigenvalue weighted by molar-refractivity contribution is -0.128. The monoisotopic (exact) mass is 350 g/mol. The average molecular weight is 350 g/mol. The van der Waals surface area contributed by atoms with Gasteiger partial charge in [0.2, 0.25) is 5.91 Å². The maximum absolute atomic E-state index is 13.1. The first-order valence-corrected chi connectivity index (χ1v) is 8.71. The molecule has 1 fully saturated rings. The van der Waals surface area contributed by atoms with Crippen molar-refractivity contribution in [1.82, 2.24) is 20.0 Å². The molecule has 0 spiro atoms. The largest absolute Gasteiger partial charge is 0.383 e. The number of hydrogen-bond acceptors (Lipinski definition) is 5. The zero-order valence-electron chi connectivity index (χ0n) is 15.2. The lowest BCUT2D eigenvalue weighted by atomic mass is 9.95. The third kappa shape index (κ3) is 3.28. The standard InChI is InChI=1S/C17H26N4O4/c1-10-7-13-14(11(2)25-10)19-21(5-6-24-4)15(13)17(23)20-8-12(9-20)16(22)18-3/h10-12H,5-9H2,1-4H3,(H,18,22)/t10-,11+/m1/s1. The van der Waals surface area contributed by atoms with E-state index in [0.717, 1.165) is 11.3 Å².